The predicted molar refractivity (Wildman–Crippen MR) is 96.4 cm³/mol. The number of ether oxygens (including phenoxy) is 2. The maximum Gasteiger partial charge on any atom is 0.245 e. The van der Waals surface area contributed by atoms with Crippen molar-refractivity contribution in [3.05, 3.63) is 18.5 Å². The lowest BCUT2D eigenvalue weighted by atomic mass is 9.96. The molecule has 0 unspecified atom stereocenters. The van der Waals surface area contributed by atoms with Gasteiger partial charge in [0, 0.05) is 17.9 Å². The number of benzene rings is 1. The Bertz CT molecular complexity index is 1040. The third-order valence-corrected chi connectivity index (χ3v) is 4.99. The number of rotatable bonds is 5. The van der Waals surface area contributed by atoms with Crippen LogP contribution in [0.2, 0.25) is 0 Å². The van der Waals surface area contributed by atoms with Crippen molar-refractivity contribution >= 4 is 48.0 Å². The fourth-order valence-electron chi connectivity index (χ4n) is 2.61. The molecule has 2 radical (unpaired) electrons. The van der Waals surface area contributed by atoms with Gasteiger partial charge in [0.15, 0.2) is 33.6 Å². The normalized spacial score (nSPS) is 12.5. The largest absolute Gasteiger partial charge is 0.454 e. The molecule has 12 heteroatoms. The Balaban J connectivity index is 1.74. The maximum atomic E-state index is 11.5. The van der Waals surface area contributed by atoms with E-state index in [0.29, 0.717) is 38.2 Å². The van der Waals surface area contributed by atoms with Crippen molar-refractivity contribution in [2.24, 2.45) is 0 Å². The predicted octanol–water partition coefficient (Wildman–Crippen LogP) is -0.0223. The van der Waals surface area contributed by atoms with Gasteiger partial charge in [-0.1, -0.05) is 17.2 Å². The van der Waals surface area contributed by atoms with Gasteiger partial charge in [-0.3, -0.25) is 10.0 Å². The lowest BCUT2D eigenvalue weighted by Gasteiger charge is -2.10. The van der Waals surface area contributed by atoms with Gasteiger partial charge < -0.3 is 19.8 Å². The van der Waals surface area contributed by atoms with Crippen LogP contribution in [0, 0.1) is 0 Å². The van der Waals surface area contributed by atoms with Crippen LogP contribution in [0.1, 0.15) is 6.42 Å². The summed E-state index contributed by atoms with van der Waals surface area (Å²) in [6.45, 7) is 0.371. The number of nitrogen functional groups attached to an aromatic ring is 1. The number of fused-ring (bicyclic) bond motifs is 2. The number of carbonyl (C=O) groups excluding carboxylic acids is 1. The van der Waals surface area contributed by atoms with Gasteiger partial charge in [0.1, 0.15) is 14.2 Å². The quantitative estimate of drug-likeness (QED) is 0.315. The maximum absolute atomic E-state index is 11.5. The molecule has 1 aliphatic heterocycles. The highest BCUT2D eigenvalue weighted by Gasteiger charge is 2.20. The summed E-state index contributed by atoms with van der Waals surface area (Å²) in [6.07, 6.45) is 1.35. The van der Waals surface area contributed by atoms with Crippen molar-refractivity contribution < 1.29 is 19.5 Å². The van der Waals surface area contributed by atoms with Crippen LogP contribution in [-0.2, 0) is 11.3 Å². The van der Waals surface area contributed by atoms with E-state index in [2.05, 4.69) is 15.0 Å². The lowest BCUT2D eigenvalue weighted by Crippen LogP contribution is -2.20. The molecule has 27 heavy (non-hydrogen) atoms. The van der Waals surface area contributed by atoms with E-state index in [-0.39, 0.29) is 25.6 Å². The van der Waals surface area contributed by atoms with Crippen LogP contribution in [0.3, 0.4) is 0 Å². The second-order valence-electron chi connectivity index (χ2n) is 5.61. The number of aromatic nitrogens is 4. The molecule has 0 atom stereocenters. The number of nitrogens with zero attached hydrogens (tertiary/aromatic N) is 4. The Labute approximate surface area is 158 Å². The van der Waals surface area contributed by atoms with Crippen LogP contribution in [-0.4, -0.2) is 45.3 Å². The van der Waals surface area contributed by atoms with Crippen molar-refractivity contribution in [1.29, 1.82) is 0 Å². The molecule has 10 nitrogen and oxygen atoms in total. The van der Waals surface area contributed by atoms with E-state index in [4.69, 9.17) is 28.3 Å². The topological polar surface area (TPSA) is 137 Å². The number of hydroxylamine groups is 1. The van der Waals surface area contributed by atoms with E-state index in [1.807, 2.05) is 0 Å². The minimum Gasteiger partial charge on any atom is -0.454 e. The van der Waals surface area contributed by atoms with Gasteiger partial charge in [-0.05, 0) is 12.1 Å². The fraction of sp³-hybridized carbons (Fsp3) is 0.200. The van der Waals surface area contributed by atoms with E-state index in [0.717, 1.165) is 0 Å². The highest BCUT2D eigenvalue weighted by molar-refractivity contribution is 7.99. The number of nitrogens with one attached hydrogen (secondary N) is 1. The van der Waals surface area contributed by atoms with E-state index in [1.165, 1.54) is 18.1 Å². The molecule has 1 amide bonds. The van der Waals surface area contributed by atoms with Gasteiger partial charge in [0.2, 0.25) is 12.7 Å². The molecule has 0 bridgehead atoms. The standard InChI is InChI=1S/C15H13BN6O4S/c16-7-3-8-9(26-6-25-8)4-10(7)27-15-20-12-13(17)18-5-19-14(12)22(15)2-1-11(23)21-24/h3-5,24H,1-2,6H2,(H,21,23)(H2,17,18,19). The zero-order chi connectivity index (χ0) is 19.0. The number of anilines is 1. The summed E-state index contributed by atoms with van der Waals surface area (Å²) in [6, 6.07) is 3.45. The Hall–Kier alpha value is -2.99. The molecule has 0 saturated heterocycles. The van der Waals surface area contributed by atoms with Gasteiger partial charge >= 0.3 is 0 Å². The summed E-state index contributed by atoms with van der Waals surface area (Å²) in [4.78, 5) is 24.8. The minimum atomic E-state index is -0.530. The Morgan fingerprint density at radius 1 is 1.37 bits per heavy atom. The van der Waals surface area contributed by atoms with Crippen molar-refractivity contribution in [2.75, 3.05) is 12.5 Å². The highest BCUT2D eigenvalue weighted by atomic mass is 32.2. The number of hydrogen-bond donors (Lipinski definition) is 3. The molecule has 4 rings (SSSR count). The van der Waals surface area contributed by atoms with E-state index >= 15 is 0 Å². The molecule has 0 saturated carbocycles. The zero-order valence-corrected chi connectivity index (χ0v) is 14.7. The summed E-state index contributed by atoms with van der Waals surface area (Å²) in [7, 11) is 6.12. The van der Waals surface area contributed by atoms with Crippen molar-refractivity contribution in [3.63, 3.8) is 0 Å². The molecule has 136 valence electrons. The second-order valence-corrected chi connectivity index (χ2v) is 6.62. The van der Waals surface area contributed by atoms with E-state index < -0.39 is 5.91 Å². The van der Waals surface area contributed by atoms with Gasteiger partial charge in [0.05, 0.1) is 0 Å². The molecular weight excluding hydrogens is 371 g/mol. The Morgan fingerprint density at radius 2 is 2.15 bits per heavy atom. The SMILES string of the molecule is [B]c1cc2c(cc1Sc1nc3c(N)ncnc3n1CCC(=O)NO)OCO2. The first kappa shape index (κ1) is 17.4. The van der Waals surface area contributed by atoms with E-state index in [1.54, 1.807) is 22.2 Å². The van der Waals surface area contributed by atoms with Crippen LogP contribution in [0.15, 0.2) is 28.5 Å². The van der Waals surface area contributed by atoms with Gasteiger partial charge in [0.25, 0.3) is 0 Å². The van der Waals surface area contributed by atoms with Crippen molar-refractivity contribution in [1.82, 2.24) is 25.0 Å². The number of imidazole rings is 1. The van der Waals surface area contributed by atoms with Crippen molar-refractivity contribution in [2.45, 2.75) is 23.0 Å². The van der Waals surface area contributed by atoms with Crippen LogP contribution in [0.5, 0.6) is 11.5 Å². The molecule has 4 N–H and O–H groups in total. The number of nitrogens with two attached hydrogens (primary N) is 1. The summed E-state index contributed by atoms with van der Waals surface area (Å²) >= 11 is 1.27. The molecular formula is C15H13BN6O4S. The van der Waals surface area contributed by atoms with Gasteiger partial charge in [-0.15, -0.1) is 0 Å². The van der Waals surface area contributed by atoms with Crippen LogP contribution in [0.4, 0.5) is 5.82 Å². The molecule has 0 aliphatic carbocycles. The monoisotopic (exact) mass is 384 g/mol. The number of amides is 1. The number of hydrogen-bond acceptors (Lipinski definition) is 9. The van der Waals surface area contributed by atoms with E-state index in [9.17, 15) is 4.79 Å². The fourth-order valence-corrected chi connectivity index (χ4v) is 3.57. The first-order chi connectivity index (χ1) is 13.1. The minimum absolute atomic E-state index is 0.0239. The molecule has 1 aromatic carbocycles. The third-order valence-electron chi connectivity index (χ3n) is 3.92. The van der Waals surface area contributed by atoms with Crippen LogP contribution in [0.25, 0.3) is 11.2 Å². The second kappa shape index (κ2) is 6.97. The first-order valence-corrected chi connectivity index (χ1v) is 8.65. The summed E-state index contributed by atoms with van der Waals surface area (Å²) in [5, 5.41) is 9.26. The number of carbonyl (C=O) groups is 1. The Morgan fingerprint density at radius 3 is 2.93 bits per heavy atom. The van der Waals surface area contributed by atoms with Crippen LogP contribution < -0.4 is 26.2 Å². The summed E-state index contributed by atoms with van der Waals surface area (Å²) in [5.74, 6) is 0.872. The third kappa shape index (κ3) is 3.24. The lowest BCUT2D eigenvalue weighted by molar-refractivity contribution is -0.129. The summed E-state index contributed by atoms with van der Waals surface area (Å²) in [5.41, 5.74) is 8.90. The van der Waals surface area contributed by atoms with Gasteiger partial charge in [-0.25, -0.2) is 20.4 Å². The summed E-state index contributed by atoms with van der Waals surface area (Å²) < 4.78 is 12.4. The van der Waals surface area contributed by atoms with Crippen LogP contribution >= 0.6 is 11.8 Å². The molecule has 0 fully saturated rings. The smallest absolute Gasteiger partial charge is 0.245 e. The number of aryl methyl sites for hydroxylation is 1. The van der Waals surface area contributed by atoms with Gasteiger partial charge in [-0.2, -0.15) is 0 Å². The average molecular weight is 384 g/mol. The average Bonchev–Trinajstić information content (AvgIpc) is 3.25. The highest BCUT2D eigenvalue weighted by Crippen LogP contribution is 2.37. The first-order valence-electron chi connectivity index (χ1n) is 7.83. The molecule has 0 spiro atoms. The zero-order valence-electron chi connectivity index (χ0n) is 13.9. The Kier molecular flexibility index (Phi) is 4.50. The molecule has 2 aromatic heterocycles. The molecule has 3 heterocycles. The van der Waals surface area contributed by atoms with Crippen molar-refractivity contribution in [3.8, 4) is 11.5 Å². The molecule has 3 aromatic rings. The molecule has 1 aliphatic rings.